The van der Waals surface area contributed by atoms with E-state index in [0.717, 1.165) is 24.1 Å². The van der Waals surface area contributed by atoms with Crippen molar-refractivity contribution in [2.24, 2.45) is 0 Å². The van der Waals surface area contributed by atoms with Crippen molar-refractivity contribution in [1.82, 2.24) is 20.4 Å². The maximum atomic E-state index is 12.0. The fraction of sp³-hybridized carbons (Fsp3) is 0.421. The lowest BCUT2D eigenvalue weighted by Crippen LogP contribution is -2.44. The molecular formula is C19H24N4O2. The van der Waals surface area contributed by atoms with Crippen LogP contribution in [0.5, 0.6) is 0 Å². The van der Waals surface area contributed by atoms with Crippen LogP contribution in [0, 0.1) is 0 Å². The van der Waals surface area contributed by atoms with Gasteiger partial charge in [0.1, 0.15) is 0 Å². The molecule has 0 atom stereocenters. The van der Waals surface area contributed by atoms with Crippen LogP contribution in [0.4, 0.5) is 4.79 Å². The zero-order chi connectivity index (χ0) is 17.5. The Labute approximate surface area is 147 Å². The number of urea groups is 1. The number of hydrogen-bond acceptors (Lipinski definition) is 3. The molecule has 1 heterocycles. The summed E-state index contributed by atoms with van der Waals surface area (Å²) < 4.78 is 1.39. The van der Waals surface area contributed by atoms with Gasteiger partial charge in [-0.25, -0.2) is 9.48 Å². The number of nitrogens with zero attached hydrogens (tertiary/aromatic N) is 2. The van der Waals surface area contributed by atoms with Gasteiger partial charge < -0.3 is 10.6 Å². The van der Waals surface area contributed by atoms with Crippen molar-refractivity contribution < 1.29 is 4.79 Å². The van der Waals surface area contributed by atoms with E-state index in [0.29, 0.717) is 13.1 Å². The van der Waals surface area contributed by atoms with Crippen LogP contribution in [0.1, 0.15) is 32.1 Å². The van der Waals surface area contributed by atoms with Gasteiger partial charge in [0.15, 0.2) is 0 Å². The fourth-order valence-electron chi connectivity index (χ4n) is 3.13. The van der Waals surface area contributed by atoms with E-state index < -0.39 is 0 Å². The van der Waals surface area contributed by atoms with Crippen LogP contribution in [0.25, 0.3) is 11.3 Å². The van der Waals surface area contributed by atoms with Gasteiger partial charge in [-0.3, -0.25) is 4.79 Å². The Bertz CT molecular complexity index is 752. The minimum absolute atomic E-state index is 0.167. The Hall–Kier alpha value is -2.63. The predicted octanol–water partition coefficient (Wildman–Crippen LogP) is 2.54. The highest BCUT2D eigenvalue weighted by Crippen LogP contribution is 2.17. The summed E-state index contributed by atoms with van der Waals surface area (Å²) in [7, 11) is 0. The van der Waals surface area contributed by atoms with Crippen LogP contribution in [0.15, 0.2) is 47.3 Å². The summed E-state index contributed by atoms with van der Waals surface area (Å²) in [6.45, 7) is 0.710. The molecule has 0 radical (unpaired) electrons. The molecule has 0 unspecified atom stereocenters. The monoisotopic (exact) mass is 340 g/mol. The van der Waals surface area contributed by atoms with Crippen molar-refractivity contribution in [1.29, 1.82) is 0 Å². The van der Waals surface area contributed by atoms with Crippen molar-refractivity contribution in [2.45, 2.75) is 44.7 Å². The highest BCUT2D eigenvalue weighted by molar-refractivity contribution is 5.74. The minimum Gasteiger partial charge on any atom is -0.336 e. The molecule has 0 spiro atoms. The summed E-state index contributed by atoms with van der Waals surface area (Å²) in [5, 5.41) is 10.2. The summed E-state index contributed by atoms with van der Waals surface area (Å²) >= 11 is 0. The zero-order valence-electron chi connectivity index (χ0n) is 14.3. The second-order valence-electron chi connectivity index (χ2n) is 6.38. The topological polar surface area (TPSA) is 76.0 Å². The van der Waals surface area contributed by atoms with Crippen LogP contribution < -0.4 is 16.2 Å². The largest absolute Gasteiger partial charge is 0.336 e. The minimum atomic E-state index is -0.172. The number of aromatic nitrogens is 2. The normalized spacial score (nSPS) is 14.9. The first kappa shape index (κ1) is 17.2. The SMILES string of the molecule is O=C(NCCn1nc(-c2ccccc2)ccc1=O)NC1CCCCC1. The van der Waals surface area contributed by atoms with E-state index in [4.69, 9.17) is 0 Å². The summed E-state index contributed by atoms with van der Waals surface area (Å²) in [6.07, 6.45) is 5.71. The van der Waals surface area contributed by atoms with E-state index in [2.05, 4.69) is 15.7 Å². The molecule has 25 heavy (non-hydrogen) atoms. The van der Waals surface area contributed by atoms with E-state index in [1.807, 2.05) is 30.3 Å². The summed E-state index contributed by atoms with van der Waals surface area (Å²) in [5.74, 6) is 0. The van der Waals surface area contributed by atoms with Gasteiger partial charge in [0, 0.05) is 24.2 Å². The first-order valence-electron chi connectivity index (χ1n) is 8.90. The molecule has 1 fully saturated rings. The van der Waals surface area contributed by atoms with Gasteiger partial charge in [0.2, 0.25) is 0 Å². The van der Waals surface area contributed by atoms with Crippen LogP contribution in [-0.2, 0) is 6.54 Å². The molecule has 2 N–H and O–H groups in total. The second kappa shape index (κ2) is 8.46. The number of hydrogen-bond donors (Lipinski definition) is 2. The highest BCUT2D eigenvalue weighted by Gasteiger charge is 2.15. The maximum absolute atomic E-state index is 12.0. The Morgan fingerprint density at radius 2 is 1.84 bits per heavy atom. The van der Waals surface area contributed by atoms with Gasteiger partial charge in [-0.2, -0.15) is 5.10 Å². The molecule has 1 aromatic carbocycles. The van der Waals surface area contributed by atoms with E-state index in [1.54, 1.807) is 6.07 Å². The Kier molecular flexibility index (Phi) is 5.82. The predicted molar refractivity (Wildman–Crippen MR) is 97.3 cm³/mol. The smallest absolute Gasteiger partial charge is 0.315 e. The first-order valence-corrected chi connectivity index (χ1v) is 8.90. The van der Waals surface area contributed by atoms with E-state index in [9.17, 15) is 9.59 Å². The molecule has 2 amide bonds. The molecule has 0 aliphatic heterocycles. The molecular weight excluding hydrogens is 316 g/mol. The van der Waals surface area contributed by atoms with Crippen LogP contribution in [0.3, 0.4) is 0 Å². The van der Waals surface area contributed by atoms with E-state index in [1.165, 1.54) is 30.0 Å². The molecule has 6 nitrogen and oxygen atoms in total. The molecule has 6 heteroatoms. The van der Waals surface area contributed by atoms with Gasteiger partial charge in [-0.1, -0.05) is 49.6 Å². The lowest BCUT2D eigenvalue weighted by molar-refractivity contribution is 0.232. The third-order valence-corrected chi connectivity index (χ3v) is 4.49. The number of carbonyl (C=O) groups excluding carboxylic acids is 1. The summed E-state index contributed by atoms with van der Waals surface area (Å²) in [4.78, 5) is 23.9. The van der Waals surface area contributed by atoms with Crippen LogP contribution in [0.2, 0.25) is 0 Å². The number of benzene rings is 1. The third-order valence-electron chi connectivity index (χ3n) is 4.49. The van der Waals surface area contributed by atoms with Crippen molar-refractivity contribution >= 4 is 6.03 Å². The van der Waals surface area contributed by atoms with Gasteiger partial charge in [0.05, 0.1) is 12.2 Å². The number of rotatable bonds is 5. The highest BCUT2D eigenvalue weighted by atomic mass is 16.2. The molecule has 1 aromatic heterocycles. The molecule has 2 aromatic rings. The Morgan fingerprint density at radius 1 is 1.08 bits per heavy atom. The average Bonchev–Trinajstić information content (AvgIpc) is 2.65. The van der Waals surface area contributed by atoms with Gasteiger partial charge in [-0.05, 0) is 18.9 Å². The van der Waals surface area contributed by atoms with Gasteiger partial charge >= 0.3 is 6.03 Å². The van der Waals surface area contributed by atoms with Crippen molar-refractivity contribution in [3.8, 4) is 11.3 Å². The number of nitrogens with one attached hydrogen (secondary N) is 2. The summed E-state index contributed by atoms with van der Waals surface area (Å²) in [6, 6.07) is 13.0. The average molecular weight is 340 g/mol. The first-order chi connectivity index (χ1) is 12.2. The molecule has 0 saturated heterocycles. The Morgan fingerprint density at radius 3 is 2.60 bits per heavy atom. The quantitative estimate of drug-likeness (QED) is 0.878. The molecule has 1 saturated carbocycles. The molecule has 1 aliphatic rings. The second-order valence-corrected chi connectivity index (χ2v) is 6.38. The number of carbonyl (C=O) groups is 1. The Balaban J connectivity index is 1.54. The van der Waals surface area contributed by atoms with Gasteiger partial charge in [0.25, 0.3) is 5.56 Å². The number of amides is 2. The lowest BCUT2D eigenvalue weighted by Gasteiger charge is -2.22. The molecule has 132 valence electrons. The standard InChI is InChI=1S/C19H24N4O2/c24-18-12-11-17(15-7-3-1-4-8-15)22-23(18)14-13-20-19(25)21-16-9-5-2-6-10-16/h1,3-4,7-8,11-12,16H,2,5-6,9-10,13-14H2,(H2,20,21,25). The molecule has 3 rings (SSSR count). The summed E-state index contributed by atoms with van der Waals surface area (Å²) in [5.41, 5.74) is 1.53. The van der Waals surface area contributed by atoms with Crippen LogP contribution in [-0.4, -0.2) is 28.4 Å². The zero-order valence-corrected chi connectivity index (χ0v) is 14.3. The fourth-order valence-corrected chi connectivity index (χ4v) is 3.13. The lowest BCUT2D eigenvalue weighted by atomic mass is 9.96. The van der Waals surface area contributed by atoms with Gasteiger partial charge in [-0.15, -0.1) is 0 Å². The maximum Gasteiger partial charge on any atom is 0.315 e. The van der Waals surface area contributed by atoms with E-state index >= 15 is 0 Å². The molecule has 1 aliphatic carbocycles. The van der Waals surface area contributed by atoms with Crippen molar-refractivity contribution in [2.75, 3.05) is 6.54 Å². The third kappa shape index (κ3) is 4.92. The van der Waals surface area contributed by atoms with Crippen molar-refractivity contribution in [3.05, 3.63) is 52.8 Å². The van der Waals surface area contributed by atoms with Crippen molar-refractivity contribution in [3.63, 3.8) is 0 Å². The van der Waals surface area contributed by atoms with E-state index in [-0.39, 0.29) is 17.6 Å². The molecule has 0 bridgehead atoms. The van der Waals surface area contributed by atoms with Crippen LogP contribution >= 0.6 is 0 Å².